The van der Waals surface area contributed by atoms with E-state index in [1.54, 1.807) is 4.90 Å². The molecule has 6 heteroatoms. The molecule has 1 rings (SSSR count). The fourth-order valence-corrected chi connectivity index (χ4v) is 2.09. The number of carboxylic acids is 1. The molecule has 19 heavy (non-hydrogen) atoms. The molecule has 0 aromatic rings. The van der Waals surface area contributed by atoms with Crippen LogP contribution in [0.5, 0.6) is 0 Å². The molecular formula is C13H24N2O4. The van der Waals surface area contributed by atoms with Gasteiger partial charge in [-0.05, 0) is 31.6 Å². The number of nitrogens with zero attached hydrogens (tertiary/aromatic N) is 1. The molecular weight excluding hydrogens is 248 g/mol. The van der Waals surface area contributed by atoms with Gasteiger partial charge in [-0.3, -0.25) is 4.79 Å². The Labute approximate surface area is 113 Å². The highest BCUT2D eigenvalue weighted by molar-refractivity contribution is 5.74. The number of nitrogens with one attached hydrogen (secondary N) is 1. The quantitative estimate of drug-likeness (QED) is 0.616. The van der Waals surface area contributed by atoms with E-state index >= 15 is 0 Å². The monoisotopic (exact) mass is 272 g/mol. The SMILES string of the molecule is CC(CCC(=O)O)CNC(=O)N(CCO)C1CCC1. The van der Waals surface area contributed by atoms with E-state index in [4.69, 9.17) is 10.2 Å². The van der Waals surface area contributed by atoms with E-state index in [0.29, 0.717) is 19.5 Å². The summed E-state index contributed by atoms with van der Waals surface area (Å²) in [6.07, 6.45) is 3.82. The van der Waals surface area contributed by atoms with E-state index in [-0.39, 0.29) is 31.0 Å². The number of amides is 2. The van der Waals surface area contributed by atoms with E-state index in [2.05, 4.69) is 5.32 Å². The van der Waals surface area contributed by atoms with Gasteiger partial charge in [-0.1, -0.05) is 6.92 Å². The fourth-order valence-electron chi connectivity index (χ4n) is 2.09. The Morgan fingerprint density at radius 2 is 2.11 bits per heavy atom. The van der Waals surface area contributed by atoms with Gasteiger partial charge >= 0.3 is 12.0 Å². The molecule has 3 N–H and O–H groups in total. The number of hydrogen-bond donors (Lipinski definition) is 3. The number of aliphatic carboxylic acids is 1. The molecule has 1 aliphatic carbocycles. The molecule has 1 atom stereocenters. The number of urea groups is 1. The van der Waals surface area contributed by atoms with E-state index in [1.165, 1.54) is 0 Å². The van der Waals surface area contributed by atoms with E-state index in [1.807, 2.05) is 6.92 Å². The molecule has 1 aliphatic rings. The van der Waals surface area contributed by atoms with Crippen molar-refractivity contribution in [3.05, 3.63) is 0 Å². The molecule has 1 saturated carbocycles. The summed E-state index contributed by atoms with van der Waals surface area (Å²) in [4.78, 5) is 24.1. The van der Waals surface area contributed by atoms with Gasteiger partial charge in [0.05, 0.1) is 6.61 Å². The lowest BCUT2D eigenvalue weighted by Gasteiger charge is -2.37. The lowest BCUT2D eigenvalue weighted by Crippen LogP contribution is -2.50. The molecule has 0 bridgehead atoms. The number of aliphatic hydroxyl groups is 1. The van der Waals surface area contributed by atoms with Gasteiger partial charge < -0.3 is 20.4 Å². The van der Waals surface area contributed by atoms with Crippen LogP contribution in [-0.2, 0) is 4.79 Å². The zero-order valence-corrected chi connectivity index (χ0v) is 11.5. The van der Waals surface area contributed by atoms with Gasteiger partial charge in [0.25, 0.3) is 0 Å². The van der Waals surface area contributed by atoms with E-state index < -0.39 is 5.97 Å². The normalized spacial score (nSPS) is 16.5. The molecule has 0 heterocycles. The molecule has 1 fully saturated rings. The lowest BCUT2D eigenvalue weighted by molar-refractivity contribution is -0.137. The largest absolute Gasteiger partial charge is 0.481 e. The molecule has 0 radical (unpaired) electrons. The summed E-state index contributed by atoms with van der Waals surface area (Å²) in [5, 5.41) is 20.4. The molecule has 0 aromatic heterocycles. The van der Waals surface area contributed by atoms with Crippen molar-refractivity contribution in [1.82, 2.24) is 10.2 Å². The van der Waals surface area contributed by atoms with Crippen LogP contribution in [0.2, 0.25) is 0 Å². The number of hydrogen-bond acceptors (Lipinski definition) is 3. The first kappa shape index (κ1) is 15.8. The summed E-state index contributed by atoms with van der Waals surface area (Å²) in [5.74, 6) is -0.674. The van der Waals surface area contributed by atoms with Crippen molar-refractivity contribution in [3.8, 4) is 0 Å². The van der Waals surface area contributed by atoms with Crippen LogP contribution < -0.4 is 5.32 Å². The van der Waals surface area contributed by atoms with Crippen LogP contribution >= 0.6 is 0 Å². The van der Waals surface area contributed by atoms with Crippen LogP contribution in [0, 0.1) is 5.92 Å². The summed E-state index contributed by atoms with van der Waals surface area (Å²) in [5.41, 5.74) is 0. The molecule has 0 saturated heterocycles. The zero-order valence-electron chi connectivity index (χ0n) is 11.5. The minimum atomic E-state index is -0.811. The first-order chi connectivity index (χ1) is 9.04. The molecule has 0 spiro atoms. The van der Waals surface area contributed by atoms with Crippen LogP contribution in [-0.4, -0.2) is 52.9 Å². The summed E-state index contributed by atoms with van der Waals surface area (Å²) < 4.78 is 0. The van der Waals surface area contributed by atoms with Gasteiger partial charge in [-0.25, -0.2) is 4.79 Å². The third kappa shape index (κ3) is 5.46. The van der Waals surface area contributed by atoms with Gasteiger partial charge in [0, 0.05) is 25.6 Å². The maximum absolute atomic E-state index is 12.0. The second-order valence-corrected chi connectivity index (χ2v) is 5.23. The summed E-state index contributed by atoms with van der Waals surface area (Å²) in [6.45, 7) is 2.72. The van der Waals surface area contributed by atoms with Gasteiger partial charge in [-0.2, -0.15) is 0 Å². The minimum absolute atomic E-state index is 0.0293. The lowest BCUT2D eigenvalue weighted by atomic mass is 9.91. The van der Waals surface area contributed by atoms with E-state index in [0.717, 1.165) is 19.3 Å². The van der Waals surface area contributed by atoms with Crippen LogP contribution in [0.15, 0.2) is 0 Å². The Kier molecular flexibility index (Phi) is 6.62. The summed E-state index contributed by atoms with van der Waals surface area (Å²) >= 11 is 0. The Hall–Kier alpha value is -1.30. The van der Waals surface area contributed by atoms with Crippen molar-refractivity contribution >= 4 is 12.0 Å². The molecule has 0 aliphatic heterocycles. The number of carbonyl (C=O) groups excluding carboxylic acids is 1. The average Bonchev–Trinajstić information content (AvgIpc) is 2.30. The van der Waals surface area contributed by atoms with Crippen LogP contribution in [0.1, 0.15) is 39.0 Å². The standard InChI is InChI=1S/C13H24N2O4/c1-10(5-6-12(17)18)9-14-13(19)15(7-8-16)11-3-2-4-11/h10-11,16H,2-9H2,1H3,(H,14,19)(H,17,18). The highest BCUT2D eigenvalue weighted by atomic mass is 16.4. The van der Waals surface area contributed by atoms with E-state index in [9.17, 15) is 9.59 Å². The first-order valence-corrected chi connectivity index (χ1v) is 6.91. The number of carbonyl (C=O) groups is 2. The number of rotatable bonds is 8. The van der Waals surface area contributed by atoms with Crippen molar-refractivity contribution in [1.29, 1.82) is 0 Å². The average molecular weight is 272 g/mol. The molecule has 0 aromatic carbocycles. The predicted molar refractivity (Wildman–Crippen MR) is 70.9 cm³/mol. The Balaban J connectivity index is 2.28. The second kappa shape index (κ2) is 7.99. The maximum atomic E-state index is 12.0. The molecule has 1 unspecified atom stereocenters. The Morgan fingerprint density at radius 3 is 2.58 bits per heavy atom. The third-order valence-electron chi connectivity index (χ3n) is 3.57. The number of carboxylic acid groups (broad SMARTS) is 1. The molecule has 6 nitrogen and oxygen atoms in total. The van der Waals surface area contributed by atoms with Gasteiger partial charge in [0.2, 0.25) is 0 Å². The van der Waals surface area contributed by atoms with Gasteiger partial charge in [0.15, 0.2) is 0 Å². The van der Waals surface area contributed by atoms with Crippen LogP contribution in [0.25, 0.3) is 0 Å². The third-order valence-corrected chi connectivity index (χ3v) is 3.57. The number of aliphatic hydroxyl groups excluding tert-OH is 1. The zero-order chi connectivity index (χ0) is 14.3. The molecule has 110 valence electrons. The summed E-state index contributed by atoms with van der Waals surface area (Å²) in [7, 11) is 0. The van der Waals surface area contributed by atoms with Crippen LogP contribution in [0.3, 0.4) is 0 Å². The smallest absolute Gasteiger partial charge is 0.317 e. The predicted octanol–water partition coefficient (Wildman–Crippen LogP) is 1.04. The van der Waals surface area contributed by atoms with Crippen molar-refractivity contribution in [2.75, 3.05) is 19.7 Å². The Bertz CT molecular complexity index is 305. The van der Waals surface area contributed by atoms with Gasteiger partial charge in [-0.15, -0.1) is 0 Å². The fraction of sp³-hybridized carbons (Fsp3) is 0.846. The highest BCUT2D eigenvalue weighted by Crippen LogP contribution is 2.24. The molecule has 2 amide bonds. The highest BCUT2D eigenvalue weighted by Gasteiger charge is 2.28. The van der Waals surface area contributed by atoms with Crippen molar-refractivity contribution in [2.45, 2.75) is 45.1 Å². The van der Waals surface area contributed by atoms with Crippen molar-refractivity contribution in [2.24, 2.45) is 5.92 Å². The van der Waals surface area contributed by atoms with Crippen molar-refractivity contribution < 1.29 is 19.8 Å². The second-order valence-electron chi connectivity index (χ2n) is 5.23. The topological polar surface area (TPSA) is 89.9 Å². The Morgan fingerprint density at radius 1 is 1.42 bits per heavy atom. The van der Waals surface area contributed by atoms with Crippen molar-refractivity contribution in [3.63, 3.8) is 0 Å². The first-order valence-electron chi connectivity index (χ1n) is 6.91. The maximum Gasteiger partial charge on any atom is 0.317 e. The minimum Gasteiger partial charge on any atom is -0.481 e. The van der Waals surface area contributed by atoms with Crippen LogP contribution in [0.4, 0.5) is 4.79 Å². The summed E-state index contributed by atoms with van der Waals surface area (Å²) in [6, 6.07) is 0.0994. The van der Waals surface area contributed by atoms with Gasteiger partial charge in [0.1, 0.15) is 0 Å².